The maximum atomic E-state index is 5.41. The van der Waals surface area contributed by atoms with Crippen molar-refractivity contribution in [3.63, 3.8) is 0 Å². The highest BCUT2D eigenvalue weighted by Crippen LogP contribution is 2.17. The van der Waals surface area contributed by atoms with Crippen LogP contribution in [-0.4, -0.2) is 39.0 Å². The van der Waals surface area contributed by atoms with Crippen LogP contribution in [0.3, 0.4) is 0 Å². The Balaban J connectivity index is 1.80. The summed E-state index contributed by atoms with van der Waals surface area (Å²) in [5.74, 6) is 0. The van der Waals surface area contributed by atoms with Crippen LogP contribution in [0.25, 0.3) is 0 Å². The van der Waals surface area contributed by atoms with Crippen LogP contribution in [0.4, 0.5) is 0 Å². The Bertz CT molecular complexity index is 111. The van der Waals surface area contributed by atoms with Crippen molar-refractivity contribution in [1.82, 2.24) is 0 Å². The van der Waals surface area contributed by atoms with Gasteiger partial charge in [-0.25, -0.2) is 0 Å². The van der Waals surface area contributed by atoms with E-state index in [0.29, 0.717) is 6.79 Å². The maximum absolute atomic E-state index is 5.41. The Morgan fingerprint density at radius 3 is 2.42 bits per heavy atom. The second-order valence-corrected chi connectivity index (χ2v) is 2.98. The van der Waals surface area contributed by atoms with Gasteiger partial charge < -0.3 is 18.9 Å². The van der Waals surface area contributed by atoms with Gasteiger partial charge in [0.2, 0.25) is 0 Å². The van der Waals surface area contributed by atoms with E-state index in [0.717, 1.165) is 32.7 Å². The van der Waals surface area contributed by atoms with E-state index in [1.165, 1.54) is 0 Å². The molecule has 0 aliphatic carbocycles. The van der Waals surface area contributed by atoms with Gasteiger partial charge in [-0.2, -0.15) is 0 Å². The van der Waals surface area contributed by atoms with Gasteiger partial charge in [-0.1, -0.05) is 0 Å². The third-order valence-corrected chi connectivity index (χ3v) is 2.07. The monoisotopic (exact) mass is 174 g/mol. The Labute approximate surface area is 71.7 Å². The molecule has 2 fully saturated rings. The minimum Gasteiger partial charge on any atom is -0.355 e. The van der Waals surface area contributed by atoms with Crippen molar-refractivity contribution in [3.8, 4) is 0 Å². The van der Waals surface area contributed by atoms with E-state index in [1.54, 1.807) is 0 Å². The zero-order valence-electron chi connectivity index (χ0n) is 7.03. The largest absolute Gasteiger partial charge is 0.355 e. The van der Waals surface area contributed by atoms with Gasteiger partial charge in [0.25, 0.3) is 0 Å². The molecule has 2 aliphatic rings. The fourth-order valence-corrected chi connectivity index (χ4v) is 1.41. The molecule has 70 valence electrons. The average Bonchev–Trinajstić information content (AvgIpc) is 2.21. The highest BCUT2D eigenvalue weighted by Gasteiger charge is 2.27. The van der Waals surface area contributed by atoms with Gasteiger partial charge in [0, 0.05) is 6.42 Å². The summed E-state index contributed by atoms with van der Waals surface area (Å²) in [6, 6.07) is 0. The van der Waals surface area contributed by atoms with E-state index in [-0.39, 0.29) is 12.4 Å². The summed E-state index contributed by atoms with van der Waals surface area (Å²) in [6.45, 7) is 2.68. The maximum Gasteiger partial charge on any atom is 0.183 e. The van der Waals surface area contributed by atoms with Crippen LogP contribution < -0.4 is 0 Å². The lowest BCUT2D eigenvalue weighted by atomic mass is 10.2. The predicted molar refractivity (Wildman–Crippen MR) is 40.6 cm³/mol. The molecule has 1 unspecified atom stereocenters. The second-order valence-electron chi connectivity index (χ2n) is 2.98. The van der Waals surface area contributed by atoms with Gasteiger partial charge in [-0.3, -0.25) is 0 Å². The topological polar surface area (TPSA) is 36.9 Å². The molecule has 0 amide bonds. The minimum atomic E-state index is -0.164. The van der Waals surface area contributed by atoms with Crippen molar-refractivity contribution < 1.29 is 18.9 Å². The van der Waals surface area contributed by atoms with Crippen molar-refractivity contribution in [2.75, 3.05) is 26.6 Å². The molecule has 0 bridgehead atoms. The highest BCUT2D eigenvalue weighted by molar-refractivity contribution is 4.66. The zero-order valence-corrected chi connectivity index (χ0v) is 7.03. The molecule has 0 aromatic carbocycles. The van der Waals surface area contributed by atoms with E-state index in [1.807, 2.05) is 0 Å². The molecule has 2 heterocycles. The molecule has 1 atom stereocenters. The third-order valence-electron chi connectivity index (χ3n) is 2.07. The molecule has 2 aliphatic heterocycles. The molecule has 2 rings (SSSR count). The number of ether oxygens (including phenoxy) is 4. The summed E-state index contributed by atoms with van der Waals surface area (Å²) < 4.78 is 21.2. The smallest absolute Gasteiger partial charge is 0.183 e. The molecule has 0 spiro atoms. The van der Waals surface area contributed by atoms with E-state index >= 15 is 0 Å². The van der Waals surface area contributed by atoms with Crippen LogP contribution in [0.2, 0.25) is 0 Å². The molecule has 4 nitrogen and oxygen atoms in total. The van der Waals surface area contributed by atoms with Crippen molar-refractivity contribution in [1.29, 1.82) is 0 Å². The van der Waals surface area contributed by atoms with Gasteiger partial charge in [-0.15, -0.1) is 0 Å². The molecule has 2 saturated heterocycles. The van der Waals surface area contributed by atoms with Crippen LogP contribution in [0.5, 0.6) is 0 Å². The van der Waals surface area contributed by atoms with Gasteiger partial charge in [0.1, 0.15) is 12.9 Å². The van der Waals surface area contributed by atoms with Gasteiger partial charge in [-0.05, 0) is 6.42 Å². The third kappa shape index (κ3) is 1.95. The summed E-state index contributed by atoms with van der Waals surface area (Å²) in [4.78, 5) is 0. The molecular weight excluding hydrogens is 160 g/mol. The number of hydrogen-bond donors (Lipinski definition) is 0. The molecule has 0 aromatic heterocycles. The standard InChI is InChI=1S/C8H14O4/c1-3-10-8(11-4-1)7-2-5-9-6-12-7/h7-8H,1-6H2. The zero-order chi connectivity index (χ0) is 8.23. The molecule has 4 heteroatoms. The molecule has 0 saturated carbocycles. The van der Waals surface area contributed by atoms with E-state index in [4.69, 9.17) is 18.9 Å². The first-order chi connectivity index (χ1) is 5.97. The molecule has 0 radical (unpaired) electrons. The van der Waals surface area contributed by atoms with Gasteiger partial charge >= 0.3 is 0 Å². The fraction of sp³-hybridized carbons (Fsp3) is 1.00. The number of rotatable bonds is 1. The summed E-state index contributed by atoms with van der Waals surface area (Å²) in [5.41, 5.74) is 0. The molecule has 0 aromatic rings. The second kappa shape index (κ2) is 4.18. The Kier molecular flexibility index (Phi) is 2.94. The Morgan fingerprint density at radius 1 is 0.917 bits per heavy atom. The normalized spacial score (nSPS) is 33.5. The van der Waals surface area contributed by atoms with Crippen molar-refractivity contribution in [3.05, 3.63) is 0 Å². The van der Waals surface area contributed by atoms with Crippen LogP contribution in [0.15, 0.2) is 0 Å². The predicted octanol–water partition coefficient (Wildman–Crippen LogP) is 0.512. The SMILES string of the molecule is C1COC(C2CCOCO2)OC1. The van der Waals surface area contributed by atoms with Crippen molar-refractivity contribution >= 4 is 0 Å². The van der Waals surface area contributed by atoms with Gasteiger partial charge in [0.05, 0.1) is 19.8 Å². The van der Waals surface area contributed by atoms with E-state index in [2.05, 4.69) is 0 Å². The van der Waals surface area contributed by atoms with Crippen molar-refractivity contribution in [2.24, 2.45) is 0 Å². The van der Waals surface area contributed by atoms with E-state index < -0.39 is 0 Å². The summed E-state index contributed by atoms with van der Waals surface area (Å²) >= 11 is 0. The lowest BCUT2D eigenvalue weighted by Crippen LogP contribution is -2.41. The van der Waals surface area contributed by atoms with Gasteiger partial charge in [0.15, 0.2) is 6.29 Å². The van der Waals surface area contributed by atoms with Crippen LogP contribution in [0.1, 0.15) is 12.8 Å². The van der Waals surface area contributed by atoms with E-state index in [9.17, 15) is 0 Å². The first kappa shape index (κ1) is 8.44. The number of hydrogen-bond acceptors (Lipinski definition) is 4. The molecule has 12 heavy (non-hydrogen) atoms. The van der Waals surface area contributed by atoms with Crippen LogP contribution in [0, 0.1) is 0 Å². The highest BCUT2D eigenvalue weighted by atomic mass is 16.7. The first-order valence-corrected chi connectivity index (χ1v) is 4.39. The molecule has 0 N–H and O–H groups in total. The molecular formula is C8H14O4. The van der Waals surface area contributed by atoms with Crippen LogP contribution in [-0.2, 0) is 18.9 Å². The summed E-state index contributed by atoms with van der Waals surface area (Å²) in [6.07, 6.45) is 1.76. The summed E-state index contributed by atoms with van der Waals surface area (Å²) in [7, 11) is 0. The summed E-state index contributed by atoms with van der Waals surface area (Å²) in [5, 5.41) is 0. The Hall–Kier alpha value is -0.160. The fourth-order valence-electron chi connectivity index (χ4n) is 1.41. The Morgan fingerprint density at radius 2 is 1.75 bits per heavy atom. The lowest BCUT2D eigenvalue weighted by Gasteiger charge is -2.32. The van der Waals surface area contributed by atoms with Crippen molar-refractivity contribution in [2.45, 2.75) is 25.2 Å². The first-order valence-electron chi connectivity index (χ1n) is 4.39. The quantitative estimate of drug-likeness (QED) is 0.580. The lowest BCUT2D eigenvalue weighted by molar-refractivity contribution is -0.267. The van der Waals surface area contributed by atoms with Crippen LogP contribution >= 0.6 is 0 Å². The average molecular weight is 174 g/mol. The minimum absolute atomic E-state index is 0.0686.